The van der Waals surface area contributed by atoms with Gasteiger partial charge in [0.1, 0.15) is 5.82 Å². The van der Waals surface area contributed by atoms with Crippen LogP contribution in [-0.4, -0.2) is 38.0 Å². The number of hydrogen-bond acceptors (Lipinski definition) is 6. The van der Waals surface area contributed by atoms with Crippen molar-refractivity contribution in [3.8, 4) is 0 Å². The summed E-state index contributed by atoms with van der Waals surface area (Å²) in [5, 5.41) is 20.5. The fourth-order valence-corrected chi connectivity index (χ4v) is 2.32. The van der Waals surface area contributed by atoms with Crippen LogP contribution in [0.3, 0.4) is 0 Å². The Balaban J connectivity index is 1.98. The van der Waals surface area contributed by atoms with Crippen LogP contribution in [0.25, 0.3) is 11.0 Å². The van der Waals surface area contributed by atoms with Crippen molar-refractivity contribution < 1.29 is 5.11 Å². The Bertz CT molecular complexity index is 813. The van der Waals surface area contributed by atoms with Crippen molar-refractivity contribution >= 4 is 28.5 Å². The van der Waals surface area contributed by atoms with Crippen LogP contribution in [0.1, 0.15) is 12.0 Å². The van der Waals surface area contributed by atoms with E-state index in [1.54, 1.807) is 10.9 Å². The standard InChI is InChI=1S/C16H20N6O/c1-11-6-3-4-7-13(11)19-14-12-10-18-22(2)15(12)21-16(20-14)17-8-5-9-23/h3-4,6-7,10,23H,5,8-9H2,1-2H3,(H2,17,19,20,21). The minimum atomic E-state index is 0.134. The Morgan fingerprint density at radius 3 is 2.83 bits per heavy atom. The lowest BCUT2D eigenvalue weighted by molar-refractivity contribution is 0.292. The monoisotopic (exact) mass is 312 g/mol. The third-order valence-electron chi connectivity index (χ3n) is 3.61. The largest absolute Gasteiger partial charge is 0.396 e. The van der Waals surface area contributed by atoms with E-state index in [0.717, 1.165) is 22.3 Å². The zero-order valence-electron chi connectivity index (χ0n) is 13.2. The number of hydrogen-bond donors (Lipinski definition) is 3. The number of aryl methyl sites for hydroxylation is 2. The number of anilines is 3. The summed E-state index contributed by atoms with van der Waals surface area (Å²) in [4.78, 5) is 9.04. The number of fused-ring (bicyclic) bond motifs is 1. The van der Waals surface area contributed by atoms with Crippen LogP contribution < -0.4 is 10.6 Å². The van der Waals surface area contributed by atoms with E-state index in [1.165, 1.54) is 0 Å². The van der Waals surface area contributed by atoms with Gasteiger partial charge >= 0.3 is 0 Å². The lowest BCUT2D eigenvalue weighted by atomic mass is 10.2. The molecule has 0 atom stereocenters. The second-order valence-electron chi connectivity index (χ2n) is 5.35. The van der Waals surface area contributed by atoms with Crippen molar-refractivity contribution in [2.45, 2.75) is 13.3 Å². The molecule has 0 saturated heterocycles. The van der Waals surface area contributed by atoms with E-state index >= 15 is 0 Å². The molecule has 0 aliphatic rings. The fourth-order valence-electron chi connectivity index (χ4n) is 2.32. The maximum atomic E-state index is 8.90. The number of para-hydroxylation sites is 1. The first-order chi connectivity index (χ1) is 11.2. The first-order valence-corrected chi connectivity index (χ1v) is 7.56. The molecule has 0 aliphatic heterocycles. The smallest absolute Gasteiger partial charge is 0.226 e. The van der Waals surface area contributed by atoms with Crippen molar-refractivity contribution in [1.82, 2.24) is 19.7 Å². The predicted molar refractivity (Wildman–Crippen MR) is 91.0 cm³/mol. The third-order valence-corrected chi connectivity index (χ3v) is 3.61. The number of aliphatic hydroxyl groups excluding tert-OH is 1. The average Bonchev–Trinajstić information content (AvgIpc) is 2.92. The van der Waals surface area contributed by atoms with Gasteiger partial charge in [-0.05, 0) is 25.0 Å². The Morgan fingerprint density at radius 2 is 2.04 bits per heavy atom. The van der Waals surface area contributed by atoms with Gasteiger partial charge in [0.05, 0.1) is 11.6 Å². The number of nitrogens with zero attached hydrogens (tertiary/aromatic N) is 4. The molecule has 0 aliphatic carbocycles. The van der Waals surface area contributed by atoms with Crippen LogP contribution in [0.4, 0.5) is 17.5 Å². The highest BCUT2D eigenvalue weighted by molar-refractivity contribution is 5.89. The molecular weight excluding hydrogens is 292 g/mol. The molecule has 7 nitrogen and oxygen atoms in total. The van der Waals surface area contributed by atoms with Gasteiger partial charge in [0.25, 0.3) is 0 Å². The molecule has 0 amide bonds. The van der Waals surface area contributed by atoms with E-state index < -0.39 is 0 Å². The molecule has 3 N–H and O–H groups in total. The Hall–Kier alpha value is -2.67. The van der Waals surface area contributed by atoms with E-state index in [0.29, 0.717) is 24.7 Å². The van der Waals surface area contributed by atoms with E-state index in [1.807, 2.05) is 38.2 Å². The molecule has 0 bridgehead atoms. The van der Waals surface area contributed by atoms with E-state index in [2.05, 4.69) is 25.7 Å². The summed E-state index contributed by atoms with van der Waals surface area (Å²) in [5.41, 5.74) is 2.89. The summed E-state index contributed by atoms with van der Waals surface area (Å²) in [6, 6.07) is 8.04. The molecule has 0 fully saturated rings. The fraction of sp³-hybridized carbons (Fsp3) is 0.312. The summed E-state index contributed by atoms with van der Waals surface area (Å²) in [7, 11) is 1.85. The van der Waals surface area contributed by atoms with Gasteiger partial charge in [0, 0.05) is 25.9 Å². The summed E-state index contributed by atoms with van der Waals surface area (Å²) in [6.45, 7) is 2.79. The van der Waals surface area contributed by atoms with Gasteiger partial charge in [0.15, 0.2) is 5.65 Å². The van der Waals surface area contributed by atoms with Crippen molar-refractivity contribution in [2.75, 3.05) is 23.8 Å². The van der Waals surface area contributed by atoms with Crippen LogP contribution in [-0.2, 0) is 7.05 Å². The lowest BCUT2D eigenvalue weighted by Crippen LogP contribution is -2.09. The Kier molecular flexibility index (Phi) is 4.38. The van der Waals surface area contributed by atoms with Crippen molar-refractivity contribution in [1.29, 1.82) is 0 Å². The highest BCUT2D eigenvalue weighted by Gasteiger charge is 2.12. The predicted octanol–water partition coefficient (Wildman–Crippen LogP) is 2.21. The zero-order valence-corrected chi connectivity index (χ0v) is 13.2. The quantitative estimate of drug-likeness (QED) is 0.605. The second-order valence-corrected chi connectivity index (χ2v) is 5.35. The van der Waals surface area contributed by atoms with Gasteiger partial charge in [-0.3, -0.25) is 4.68 Å². The number of rotatable bonds is 6. The van der Waals surface area contributed by atoms with Crippen LogP contribution in [0, 0.1) is 6.92 Å². The molecule has 3 rings (SSSR count). The number of aliphatic hydroxyl groups is 1. The van der Waals surface area contributed by atoms with E-state index in [9.17, 15) is 0 Å². The Morgan fingerprint density at radius 1 is 1.22 bits per heavy atom. The molecule has 1 aromatic carbocycles. The van der Waals surface area contributed by atoms with Gasteiger partial charge in [0.2, 0.25) is 5.95 Å². The highest BCUT2D eigenvalue weighted by Crippen LogP contribution is 2.26. The van der Waals surface area contributed by atoms with Crippen molar-refractivity contribution in [2.24, 2.45) is 7.05 Å². The topological polar surface area (TPSA) is 87.9 Å². The summed E-state index contributed by atoms with van der Waals surface area (Å²) < 4.78 is 1.72. The number of nitrogens with one attached hydrogen (secondary N) is 2. The molecule has 120 valence electrons. The molecule has 0 spiro atoms. The van der Waals surface area contributed by atoms with Crippen molar-refractivity contribution in [3.63, 3.8) is 0 Å². The van der Waals surface area contributed by atoms with Crippen LogP contribution in [0.2, 0.25) is 0 Å². The van der Waals surface area contributed by atoms with Crippen molar-refractivity contribution in [3.05, 3.63) is 36.0 Å². The highest BCUT2D eigenvalue weighted by atomic mass is 16.3. The van der Waals surface area contributed by atoms with Gasteiger partial charge < -0.3 is 15.7 Å². The lowest BCUT2D eigenvalue weighted by Gasteiger charge is -2.11. The first-order valence-electron chi connectivity index (χ1n) is 7.56. The van der Waals surface area contributed by atoms with Gasteiger partial charge in [-0.25, -0.2) is 0 Å². The molecule has 3 aromatic rings. The molecule has 7 heteroatoms. The molecule has 23 heavy (non-hydrogen) atoms. The normalized spacial score (nSPS) is 10.9. The van der Waals surface area contributed by atoms with E-state index in [-0.39, 0.29) is 6.61 Å². The van der Waals surface area contributed by atoms with Crippen LogP contribution >= 0.6 is 0 Å². The minimum Gasteiger partial charge on any atom is -0.396 e. The number of aromatic nitrogens is 4. The molecular formula is C16H20N6O. The Labute approximate surface area is 134 Å². The first kappa shape index (κ1) is 15.2. The molecule has 2 aromatic heterocycles. The second kappa shape index (κ2) is 6.62. The zero-order chi connectivity index (χ0) is 16.2. The summed E-state index contributed by atoms with van der Waals surface area (Å²) >= 11 is 0. The summed E-state index contributed by atoms with van der Waals surface area (Å²) in [5.74, 6) is 1.23. The van der Waals surface area contributed by atoms with Crippen LogP contribution in [0.15, 0.2) is 30.5 Å². The van der Waals surface area contributed by atoms with Gasteiger partial charge in [-0.1, -0.05) is 18.2 Å². The maximum Gasteiger partial charge on any atom is 0.226 e. The SMILES string of the molecule is Cc1ccccc1Nc1nc(NCCCO)nc2c1cnn2C. The maximum absolute atomic E-state index is 8.90. The van der Waals surface area contributed by atoms with E-state index in [4.69, 9.17) is 5.11 Å². The number of benzene rings is 1. The molecule has 0 unspecified atom stereocenters. The molecule has 0 radical (unpaired) electrons. The molecule has 2 heterocycles. The third kappa shape index (κ3) is 3.24. The minimum absolute atomic E-state index is 0.134. The van der Waals surface area contributed by atoms with Crippen LogP contribution in [0.5, 0.6) is 0 Å². The van der Waals surface area contributed by atoms with Gasteiger partial charge in [-0.2, -0.15) is 15.1 Å². The average molecular weight is 312 g/mol. The summed E-state index contributed by atoms with van der Waals surface area (Å²) in [6.07, 6.45) is 2.40. The van der Waals surface area contributed by atoms with Gasteiger partial charge in [-0.15, -0.1) is 0 Å². The molecule has 0 saturated carbocycles.